The maximum absolute atomic E-state index is 12.2. The zero-order chi connectivity index (χ0) is 16.7. The van der Waals surface area contributed by atoms with Gasteiger partial charge in [0.05, 0.1) is 5.75 Å². The van der Waals surface area contributed by atoms with Crippen LogP contribution >= 0.6 is 27.7 Å². The van der Waals surface area contributed by atoms with Crippen molar-refractivity contribution in [3.63, 3.8) is 0 Å². The summed E-state index contributed by atoms with van der Waals surface area (Å²) in [6.45, 7) is 1.97. The van der Waals surface area contributed by atoms with E-state index in [0.29, 0.717) is 17.7 Å². The van der Waals surface area contributed by atoms with E-state index < -0.39 is 0 Å². The third kappa shape index (κ3) is 5.84. The van der Waals surface area contributed by atoms with E-state index in [1.807, 2.05) is 55.5 Å². The van der Waals surface area contributed by atoms with Crippen LogP contribution in [0.25, 0.3) is 0 Å². The molecule has 120 valence electrons. The number of rotatable bonds is 7. The van der Waals surface area contributed by atoms with Gasteiger partial charge in [0, 0.05) is 27.0 Å². The third-order valence-electron chi connectivity index (χ3n) is 3.13. The largest absolute Gasteiger partial charge is 0.326 e. The van der Waals surface area contributed by atoms with E-state index >= 15 is 0 Å². The van der Waals surface area contributed by atoms with Gasteiger partial charge in [0.25, 0.3) is 0 Å². The molecule has 0 saturated carbocycles. The zero-order valence-electron chi connectivity index (χ0n) is 12.8. The minimum absolute atomic E-state index is 0.0144. The second kappa shape index (κ2) is 8.89. The number of anilines is 1. The Bertz CT molecular complexity index is 686. The summed E-state index contributed by atoms with van der Waals surface area (Å²) in [7, 11) is 0. The first kappa shape index (κ1) is 17.8. The van der Waals surface area contributed by atoms with Crippen LogP contribution in [0.5, 0.6) is 0 Å². The lowest BCUT2D eigenvalue weighted by Crippen LogP contribution is -2.10. The zero-order valence-corrected chi connectivity index (χ0v) is 15.2. The van der Waals surface area contributed by atoms with Crippen molar-refractivity contribution in [3.05, 3.63) is 58.6 Å². The molecule has 0 aliphatic heterocycles. The summed E-state index contributed by atoms with van der Waals surface area (Å²) >= 11 is 4.83. The first-order valence-electron chi connectivity index (χ1n) is 7.40. The minimum Gasteiger partial charge on any atom is -0.326 e. The predicted molar refractivity (Wildman–Crippen MR) is 99.2 cm³/mol. The van der Waals surface area contributed by atoms with E-state index in [1.54, 1.807) is 0 Å². The van der Waals surface area contributed by atoms with Gasteiger partial charge in [0.2, 0.25) is 5.91 Å². The highest BCUT2D eigenvalue weighted by atomic mass is 79.9. The number of hydrogen-bond donors (Lipinski definition) is 1. The highest BCUT2D eigenvalue weighted by molar-refractivity contribution is 9.10. The number of nitrogens with one attached hydrogen (secondary N) is 1. The molecule has 0 unspecified atom stereocenters. The summed E-state index contributed by atoms with van der Waals surface area (Å²) in [5.41, 5.74) is 1.47. The van der Waals surface area contributed by atoms with Gasteiger partial charge in [-0.05, 0) is 36.8 Å². The smallest absolute Gasteiger partial charge is 0.224 e. The lowest BCUT2D eigenvalue weighted by Gasteiger charge is -2.07. The van der Waals surface area contributed by atoms with Gasteiger partial charge in [-0.15, -0.1) is 11.8 Å². The summed E-state index contributed by atoms with van der Waals surface area (Å²) < 4.78 is 0.956. The van der Waals surface area contributed by atoms with Gasteiger partial charge < -0.3 is 5.32 Å². The van der Waals surface area contributed by atoms with Crippen LogP contribution in [0.15, 0.2) is 57.9 Å². The van der Waals surface area contributed by atoms with Crippen LogP contribution < -0.4 is 5.32 Å². The molecule has 1 amide bonds. The number of thioether (sulfide) groups is 1. The van der Waals surface area contributed by atoms with Gasteiger partial charge in [-0.3, -0.25) is 9.59 Å². The van der Waals surface area contributed by atoms with Crippen LogP contribution in [-0.4, -0.2) is 17.4 Å². The molecule has 0 aromatic heterocycles. The van der Waals surface area contributed by atoms with Crippen molar-refractivity contribution in [1.29, 1.82) is 0 Å². The molecule has 0 bridgehead atoms. The van der Waals surface area contributed by atoms with Crippen molar-refractivity contribution in [3.8, 4) is 0 Å². The van der Waals surface area contributed by atoms with E-state index in [2.05, 4.69) is 21.2 Å². The van der Waals surface area contributed by atoms with Crippen LogP contribution in [0, 0.1) is 0 Å². The summed E-state index contributed by atoms with van der Waals surface area (Å²) in [6, 6.07) is 14.9. The van der Waals surface area contributed by atoms with E-state index in [1.165, 1.54) is 11.8 Å². The number of carbonyl (C=O) groups is 2. The van der Waals surface area contributed by atoms with E-state index in [9.17, 15) is 9.59 Å². The molecule has 0 heterocycles. The second-order valence-electron chi connectivity index (χ2n) is 5.04. The molecule has 0 radical (unpaired) electrons. The summed E-state index contributed by atoms with van der Waals surface area (Å²) in [5.74, 6) is 0.470. The van der Waals surface area contributed by atoms with Gasteiger partial charge >= 0.3 is 0 Å². The van der Waals surface area contributed by atoms with Crippen LogP contribution in [0.4, 0.5) is 5.69 Å². The number of amides is 1. The standard InChI is InChI=1S/C18H18BrNO2S/c1-2-4-18(22)20-15-5-3-6-16(11-15)23-12-17(21)13-7-9-14(19)10-8-13/h3,5-11H,2,4,12H2,1H3,(H,20,22). The van der Waals surface area contributed by atoms with E-state index in [4.69, 9.17) is 0 Å². The first-order chi connectivity index (χ1) is 11.1. The molecule has 3 nitrogen and oxygen atoms in total. The van der Waals surface area contributed by atoms with Gasteiger partial charge in [-0.1, -0.05) is 41.1 Å². The Labute approximate surface area is 149 Å². The molecule has 1 N–H and O–H groups in total. The van der Waals surface area contributed by atoms with E-state index in [-0.39, 0.29) is 11.7 Å². The van der Waals surface area contributed by atoms with Crippen molar-refractivity contribution in [1.82, 2.24) is 0 Å². The molecule has 2 aromatic carbocycles. The average Bonchev–Trinajstić information content (AvgIpc) is 2.54. The van der Waals surface area contributed by atoms with Crippen molar-refractivity contribution < 1.29 is 9.59 Å². The quantitative estimate of drug-likeness (QED) is 0.523. The maximum Gasteiger partial charge on any atom is 0.224 e. The second-order valence-corrected chi connectivity index (χ2v) is 7.01. The number of halogens is 1. The third-order valence-corrected chi connectivity index (χ3v) is 4.65. The number of hydrogen-bond acceptors (Lipinski definition) is 3. The number of benzene rings is 2. The molecule has 0 saturated heterocycles. The summed E-state index contributed by atoms with van der Waals surface area (Å²) in [6.07, 6.45) is 1.33. The van der Waals surface area contributed by atoms with Crippen molar-refractivity contribution in [2.24, 2.45) is 0 Å². The fourth-order valence-corrected chi connectivity index (χ4v) is 3.10. The molecule has 2 rings (SSSR count). The van der Waals surface area contributed by atoms with E-state index in [0.717, 1.165) is 21.5 Å². The van der Waals surface area contributed by atoms with Crippen LogP contribution in [0.3, 0.4) is 0 Å². The Hall–Kier alpha value is -1.59. The van der Waals surface area contributed by atoms with Crippen molar-refractivity contribution >= 4 is 45.1 Å². The summed E-state index contributed by atoms with van der Waals surface area (Å²) in [5, 5.41) is 2.87. The molecule has 2 aromatic rings. The maximum atomic E-state index is 12.2. The number of Topliss-reactive ketones (excluding diaryl/α,β-unsaturated/α-hetero) is 1. The normalized spacial score (nSPS) is 10.3. The lowest BCUT2D eigenvalue weighted by atomic mass is 10.2. The molecule has 23 heavy (non-hydrogen) atoms. The van der Waals surface area contributed by atoms with Gasteiger partial charge in [-0.2, -0.15) is 0 Å². The Morgan fingerprint density at radius 3 is 2.57 bits per heavy atom. The molecule has 0 atom stereocenters. The molecular formula is C18H18BrNO2S. The average molecular weight is 392 g/mol. The first-order valence-corrected chi connectivity index (χ1v) is 9.18. The fourth-order valence-electron chi connectivity index (χ4n) is 1.98. The number of carbonyl (C=O) groups excluding carboxylic acids is 2. The lowest BCUT2D eigenvalue weighted by molar-refractivity contribution is -0.116. The van der Waals surface area contributed by atoms with Crippen LogP contribution in [0.2, 0.25) is 0 Å². The molecular weight excluding hydrogens is 374 g/mol. The van der Waals surface area contributed by atoms with Crippen molar-refractivity contribution in [2.45, 2.75) is 24.7 Å². The van der Waals surface area contributed by atoms with Gasteiger partial charge in [-0.25, -0.2) is 0 Å². The number of ketones is 1. The molecule has 0 aliphatic carbocycles. The highest BCUT2D eigenvalue weighted by Crippen LogP contribution is 2.23. The predicted octanol–water partition coefficient (Wildman–Crippen LogP) is 5.16. The van der Waals surface area contributed by atoms with Crippen LogP contribution in [0.1, 0.15) is 30.1 Å². The fraction of sp³-hybridized carbons (Fsp3) is 0.222. The molecule has 5 heteroatoms. The van der Waals surface area contributed by atoms with Gasteiger partial charge in [0.15, 0.2) is 5.78 Å². The Balaban J connectivity index is 1.94. The highest BCUT2D eigenvalue weighted by Gasteiger charge is 2.07. The van der Waals surface area contributed by atoms with Crippen molar-refractivity contribution in [2.75, 3.05) is 11.1 Å². The minimum atomic E-state index is 0.0144. The summed E-state index contributed by atoms with van der Waals surface area (Å²) in [4.78, 5) is 24.8. The molecule has 0 fully saturated rings. The monoisotopic (exact) mass is 391 g/mol. The Morgan fingerprint density at radius 1 is 1.13 bits per heavy atom. The topological polar surface area (TPSA) is 46.2 Å². The van der Waals surface area contributed by atoms with Crippen LogP contribution in [-0.2, 0) is 4.79 Å². The Morgan fingerprint density at radius 2 is 1.87 bits per heavy atom. The Kier molecular flexibility index (Phi) is 6.86. The van der Waals surface area contributed by atoms with Gasteiger partial charge in [0.1, 0.15) is 0 Å². The molecule has 0 aliphatic rings. The SMILES string of the molecule is CCCC(=O)Nc1cccc(SCC(=O)c2ccc(Br)cc2)c1. The molecule has 0 spiro atoms.